The van der Waals surface area contributed by atoms with Gasteiger partial charge in [0.15, 0.2) is 0 Å². The first kappa shape index (κ1) is 29.0. The lowest BCUT2D eigenvalue weighted by Crippen LogP contribution is -2.45. The maximum atomic E-state index is 11.9. The molecule has 7 nitrogen and oxygen atoms in total. The minimum atomic E-state index is -1.68. The maximum Gasteiger partial charge on any atom is 0.224 e. The van der Waals surface area contributed by atoms with Crippen LogP contribution in [0.15, 0.2) is 12.1 Å². The number of hydrogen-bond acceptors (Lipinski definition) is 7. The summed E-state index contributed by atoms with van der Waals surface area (Å²) < 4.78 is 30.5. The summed E-state index contributed by atoms with van der Waals surface area (Å²) in [6.07, 6.45) is 6.38. The number of pyridine rings is 1. The summed E-state index contributed by atoms with van der Waals surface area (Å²) in [5.74, 6) is -1.13. The predicted octanol–water partition coefficient (Wildman–Crippen LogP) is 5.30. The van der Waals surface area contributed by atoms with Crippen molar-refractivity contribution in [3.63, 3.8) is 0 Å². The quantitative estimate of drug-likeness (QED) is 0.285. The number of aromatic nitrogens is 1. The van der Waals surface area contributed by atoms with Gasteiger partial charge in [0.05, 0.1) is 18.9 Å². The van der Waals surface area contributed by atoms with E-state index in [-0.39, 0.29) is 0 Å². The highest BCUT2D eigenvalue weighted by Gasteiger charge is 2.57. The van der Waals surface area contributed by atoms with Crippen molar-refractivity contribution in [2.24, 2.45) is 0 Å². The smallest absolute Gasteiger partial charge is 0.224 e. The van der Waals surface area contributed by atoms with Crippen molar-refractivity contribution in [2.75, 3.05) is 33.0 Å². The molecule has 1 aromatic heterocycles. The molecule has 2 unspecified atom stereocenters. The van der Waals surface area contributed by atoms with Crippen LogP contribution < -0.4 is 4.74 Å². The molecule has 0 saturated carbocycles. The fraction of sp³-hybridized carbons (Fsp3) is 0.815. The van der Waals surface area contributed by atoms with Crippen LogP contribution in [0.25, 0.3) is 0 Å². The van der Waals surface area contributed by atoms with E-state index in [0.717, 1.165) is 51.4 Å². The second kappa shape index (κ2) is 15.7. The number of ether oxygens (including phenoxy) is 5. The fourth-order valence-electron chi connectivity index (χ4n) is 4.01. The van der Waals surface area contributed by atoms with Crippen LogP contribution in [0, 0.1) is 6.92 Å². The highest BCUT2D eigenvalue weighted by Crippen LogP contribution is 2.42. The van der Waals surface area contributed by atoms with Gasteiger partial charge in [0.25, 0.3) is 0 Å². The summed E-state index contributed by atoms with van der Waals surface area (Å²) in [5.41, 5.74) is 1.23. The van der Waals surface area contributed by atoms with Crippen LogP contribution in [0.1, 0.15) is 90.3 Å². The lowest BCUT2D eigenvalue weighted by molar-refractivity contribution is -0.251. The second-order valence-corrected chi connectivity index (χ2v) is 9.10. The van der Waals surface area contributed by atoms with E-state index in [2.05, 4.69) is 32.7 Å². The molecule has 0 aliphatic carbocycles. The van der Waals surface area contributed by atoms with E-state index in [0.29, 0.717) is 50.2 Å². The molecule has 0 radical (unpaired) electrons. The van der Waals surface area contributed by atoms with E-state index in [4.69, 9.17) is 23.7 Å². The van der Waals surface area contributed by atoms with Crippen LogP contribution >= 0.6 is 0 Å². The topological polar surface area (TPSA) is 79.3 Å². The van der Waals surface area contributed by atoms with Crippen LogP contribution in [0.3, 0.4) is 0 Å². The first-order valence-electron chi connectivity index (χ1n) is 13.3. The Bertz CT molecular complexity index is 687. The van der Waals surface area contributed by atoms with E-state index >= 15 is 0 Å². The zero-order chi connectivity index (χ0) is 24.8. The van der Waals surface area contributed by atoms with Crippen molar-refractivity contribution in [2.45, 2.75) is 110 Å². The van der Waals surface area contributed by atoms with Crippen molar-refractivity contribution in [1.82, 2.24) is 4.98 Å². The molecule has 1 aliphatic rings. The summed E-state index contributed by atoms with van der Waals surface area (Å²) in [5, 5.41) is 11.9. The SMILES string of the molecule is CCCCOC[C@H]1OC(O)(c2ccc(OCCCC)nc2C)C(OCCCC)[C@H]1OCCCC. The van der Waals surface area contributed by atoms with E-state index in [9.17, 15) is 5.11 Å². The number of aliphatic hydroxyl groups is 1. The highest BCUT2D eigenvalue weighted by atomic mass is 16.7. The minimum absolute atomic E-state index is 0.345. The van der Waals surface area contributed by atoms with Gasteiger partial charge in [0.2, 0.25) is 11.7 Å². The first-order valence-corrected chi connectivity index (χ1v) is 13.3. The number of unbranched alkanes of at least 4 members (excludes halogenated alkanes) is 4. The molecule has 0 aromatic carbocycles. The normalized spacial score (nSPS) is 24.6. The lowest BCUT2D eigenvalue weighted by atomic mass is 9.96. The van der Waals surface area contributed by atoms with Crippen LogP contribution in [0.4, 0.5) is 0 Å². The molecule has 34 heavy (non-hydrogen) atoms. The monoisotopic (exact) mass is 481 g/mol. The zero-order valence-corrected chi connectivity index (χ0v) is 22.0. The molecule has 7 heteroatoms. The van der Waals surface area contributed by atoms with E-state index in [1.807, 2.05) is 13.0 Å². The molecule has 1 aromatic rings. The number of aryl methyl sites for hydroxylation is 1. The third-order valence-electron chi connectivity index (χ3n) is 6.10. The van der Waals surface area contributed by atoms with Crippen LogP contribution in [-0.2, 0) is 24.7 Å². The average Bonchev–Trinajstić information content (AvgIpc) is 3.09. The molecule has 0 spiro atoms. The molecule has 2 heterocycles. The van der Waals surface area contributed by atoms with Gasteiger partial charge in [-0.2, -0.15) is 0 Å². The van der Waals surface area contributed by atoms with Gasteiger partial charge in [-0.25, -0.2) is 4.98 Å². The Morgan fingerprint density at radius 2 is 1.50 bits per heavy atom. The summed E-state index contributed by atoms with van der Waals surface area (Å²) in [6.45, 7) is 13.1. The van der Waals surface area contributed by atoms with Gasteiger partial charge in [-0.15, -0.1) is 0 Å². The predicted molar refractivity (Wildman–Crippen MR) is 133 cm³/mol. The van der Waals surface area contributed by atoms with Gasteiger partial charge >= 0.3 is 0 Å². The average molecular weight is 482 g/mol. The van der Waals surface area contributed by atoms with Crippen molar-refractivity contribution in [3.8, 4) is 5.88 Å². The van der Waals surface area contributed by atoms with Crippen molar-refractivity contribution in [1.29, 1.82) is 0 Å². The number of hydrogen-bond donors (Lipinski definition) is 1. The largest absolute Gasteiger partial charge is 0.478 e. The van der Waals surface area contributed by atoms with E-state index in [1.165, 1.54) is 0 Å². The Kier molecular flexibility index (Phi) is 13.4. The van der Waals surface area contributed by atoms with E-state index in [1.54, 1.807) is 6.07 Å². The third-order valence-corrected chi connectivity index (χ3v) is 6.10. The Morgan fingerprint density at radius 1 is 0.882 bits per heavy atom. The molecule has 4 atom stereocenters. The highest BCUT2D eigenvalue weighted by molar-refractivity contribution is 5.31. The van der Waals surface area contributed by atoms with Gasteiger partial charge in [-0.3, -0.25) is 0 Å². The van der Waals surface area contributed by atoms with Crippen LogP contribution in [-0.4, -0.2) is 61.4 Å². The van der Waals surface area contributed by atoms with Crippen molar-refractivity contribution < 1.29 is 28.8 Å². The lowest BCUT2D eigenvalue weighted by Gasteiger charge is -2.31. The van der Waals surface area contributed by atoms with E-state index < -0.39 is 24.1 Å². The minimum Gasteiger partial charge on any atom is -0.478 e. The van der Waals surface area contributed by atoms with Gasteiger partial charge < -0.3 is 28.8 Å². The summed E-state index contributed by atoms with van der Waals surface area (Å²) >= 11 is 0. The Hall–Kier alpha value is -1.25. The van der Waals surface area contributed by atoms with Gasteiger partial charge in [-0.05, 0) is 38.7 Å². The molecule has 196 valence electrons. The molecular formula is C27H47NO6. The van der Waals surface area contributed by atoms with Gasteiger partial charge in [0, 0.05) is 31.5 Å². The fourth-order valence-corrected chi connectivity index (χ4v) is 4.01. The summed E-state index contributed by atoms with van der Waals surface area (Å²) in [7, 11) is 0. The molecule has 0 amide bonds. The molecular weight excluding hydrogens is 434 g/mol. The molecule has 1 aliphatic heterocycles. The first-order chi connectivity index (χ1) is 16.5. The molecule has 1 saturated heterocycles. The summed E-state index contributed by atoms with van der Waals surface area (Å²) in [6, 6.07) is 3.63. The second-order valence-electron chi connectivity index (χ2n) is 9.10. The zero-order valence-electron chi connectivity index (χ0n) is 22.0. The molecule has 0 bridgehead atoms. The number of rotatable bonds is 18. The van der Waals surface area contributed by atoms with Crippen LogP contribution in [0.2, 0.25) is 0 Å². The molecule has 2 rings (SSSR count). The van der Waals surface area contributed by atoms with Gasteiger partial charge in [-0.1, -0.05) is 53.4 Å². The molecule has 1 N–H and O–H groups in total. The summed E-state index contributed by atoms with van der Waals surface area (Å²) in [4.78, 5) is 4.59. The Morgan fingerprint density at radius 3 is 2.15 bits per heavy atom. The van der Waals surface area contributed by atoms with Crippen molar-refractivity contribution in [3.05, 3.63) is 23.4 Å². The standard InChI is InChI=1S/C27H47NO6/c1-6-10-16-30-20-23-25(32-18-12-8-3)26(33-19-13-9-4)27(29,34-23)22-14-15-24(28-21(22)5)31-17-11-7-2/h14-15,23,25-26,29H,6-13,16-20H2,1-5H3/t23-,25+,26?,27?/m1/s1. The Balaban J connectivity index is 2.30. The third kappa shape index (κ3) is 8.16. The molecule has 1 fully saturated rings. The van der Waals surface area contributed by atoms with Gasteiger partial charge in [0.1, 0.15) is 18.3 Å². The van der Waals surface area contributed by atoms with Crippen molar-refractivity contribution >= 4 is 0 Å². The van der Waals surface area contributed by atoms with Crippen LogP contribution in [0.5, 0.6) is 5.88 Å². The Labute approximate surface area is 206 Å². The maximum absolute atomic E-state index is 11.9. The number of nitrogens with zero attached hydrogens (tertiary/aromatic N) is 1.